The molecule has 1 aliphatic heterocycles. The highest BCUT2D eigenvalue weighted by Crippen LogP contribution is 2.17. The molecule has 2 aromatic rings. The lowest BCUT2D eigenvalue weighted by atomic mass is 10.1. The van der Waals surface area contributed by atoms with Crippen LogP contribution in [0.1, 0.15) is 23.3 Å². The maximum Gasteiger partial charge on any atom is 0.323 e. The van der Waals surface area contributed by atoms with Crippen molar-refractivity contribution in [3.05, 3.63) is 42.0 Å². The Morgan fingerprint density at radius 1 is 1.28 bits per heavy atom. The fraction of sp³-hybridized carbons (Fsp3) is 0.375. The van der Waals surface area contributed by atoms with Crippen molar-refractivity contribution in [1.82, 2.24) is 19.9 Å². The molecular formula is C16H17FN4O4. The summed E-state index contributed by atoms with van der Waals surface area (Å²) in [6.45, 7) is 0.555. The number of ether oxygens (including phenoxy) is 1. The highest BCUT2D eigenvalue weighted by molar-refractivity contribution is 5.94. The Balaban J connectivity index is 1.81. The number of amides is 1. The van der Waals surface area contributed by atoms with E-state index >= 15 is 0 Å². The highest BCUT2D eigenvalue weighted by Gasteiger charge is 2.30. The van der Waals surface area contributed by atoms with Crippen molar-refractivity contribution in [2.45, 2.75) is 18.9 Å². The first-order valence-corrected chi connectivity index (χ1v) is 7.83. The van der Waals surface area contributed by atoms with Gasteiger partial charge >= 0.3 is 5.97 Å². The Bertz CT molecular complexity index is 756. The molecule has 3 rings (SSSR count). The number of benzene rings is 1. The Hall–Kier alpha value is -2.81. The standard InChI is InChI=1S/C16H17FN4O4/c17-11-1-3-13(4-2-11)21-18-9-14(19-21)16(24)20(10-15(22)23)12-5-7-25-8-6-12/h1-4,9,12H,5-8,10H2,(H,22,23). The Labute approximate surface area is 142 Å². The number of aliphatic carboxylic acids is 1. The Kier molecular flexibility index (Phi) is 5.03. The summed E-state index contributed by atoms with van der Waals surface area (Å²) in [5.41, 5.74) is 0.536. The van der Waals surface area contributed by atoms with Crippen LogP contribution in [0.25, 0.3) is 5.69 Å². The second-order valence-electron chi connectivity index (χ2n) is 5.67. The molecule has 1 N–H and O–H groups in total. The summed E-state index contributed by atoms with van der Waals surface area (Å²) in [5.74, 6) is -1.98. The largest absolute Gasteiger partial charge is 0.480 e. The van der Waals surface area contributed by atoms with Crippen LogP contribution in [-0.2, 0) is 9.53 Å². The third-order valence-electron chi connectivity index (χ3n) is 3.97. The summed E-state index contributed by atoms with van der Waals surface area (Å²) in [4.78, 5) is 26.4. The number of carboxylic acid groups (broad SMARTS) is 1. The van der Waals surface area contributed by atoms with Crippen molar-refractivity contribution in [2.24, 2.45) is 0 Å². The SMILES string of the molecule is O=C(O)CN(C(=O)c1cnn(-c2ccc(F)cc2)n1)C1CCOCC1. The molecule has 1 aromatic carbocycles. The van der Waals surface area contributed by atoms with Gasteiger partial charge in [0.15, 0.2) is 5.69 Å². The van der Waals surface area contributed by atoms with Crippen LogP contribution in [0.5, 0.6) is 0 Å². The van der Waals surface area contributed by atoms with Crippen LogP contribution in [0, 0.1) is 5.82 Å². The molecule has 132 valence electrons. The van der Waals surface area contributed by atoms with Gasteiger partial charge in [0.2, 0.25) is 0 Å². The van der Waals surface area contributed by atoms with Crippen molar-refractivity contribution in [3.8, 4) is 5.69 Å². The molecule has 25 heavy (non-hydrogen) atoms. The summed E-state index contributed by atoms with van der Waals surface area (Å²) in [6, 6.07) is 5.28. The molecule has 1 aliphatic rings. The van der Waals surface area contributed by atoms with Gasteiger partial charge in [0.1, 0.15) is 12.4 Å². The van der Waals surface area contributed by atoms with Gasteiger partial charge in [-0.2, -0.15) is 9.90 Å². The smallest absolute Gasteiger partial charge is 0.323 e. The van der Waals surface area contributed by atoms with Crippen LogP contribution < -0.4 is 0 Å². The first-order valence-electron chi connectivity index (χ1n) is 7.83. The van der Waals surface area contributed by atoms with Gasteiger partial charge in [-0.1, -0.05) is 0 Å². The maximum atomic E-state index is 13.0. The third kappa shape index (κ3) is 4.00. The Morgan fingerprint density at radius 3 is 2.60 bits per heavy atom. The van der Waals surface area contributed by atoms with E-state index in [-0.39, 0.29) is 17.6 Å². The lowest BCUT2D eigenvalue weighted by Crippen LogP contribution is -2.46. The van der Waals surface area contributed by atoms with E-state index in [1.807, 2.05) is 0 Å². The molecule has 8 nitrogen and oxygen atoms in total. The number of halogens is 1. The van der Waals surface area contributed by atoms with E-state index in [4.69, 9.17) is 9.84 Å². The van der Waals surface area contributed by atoms with Crippen LogP contribution in [0.15, 0.2) is 30.5 Å². The van der Waals surface area contributed by atoms with E-state index in [0.29, 0.717) is 31.7 Å². The van der Waals surface area contributed by atoms with Crippen molar-refractivity contribution in [1.29, 1.82) is 0 Å². The minimum absolute atomic E-state index is 0.0390. The quantitative estimate of drug-likeness (QED) is 0.869. The molecule has 0 radical (unpaired) electrons. The van der Waals surface area contributed by atoms with E-state index in [0.717, 1.165) is 0 Å². The first kappa shape index (κ1) is 17.0. The molecule has 0 unspecified atom stereocenters. The summed E-state index contributed by atoms with van der Waals surface area (Å²) < 4.78 is 18.3. The average molecular weight is 348 g/mol. The monoisotopic (exact) mass is 348 g/mol. The number of hydrogen-bond donors (Lipinski definition) is 1. The van der Waals surface area contributed by atoms with Gasteiger partial charge in [0.05, 0.1) is 11.9 Å². The molecule has 9 heteroatoms. The van der Waals surface area contributed by atoms with Gasteiger partial charge in [0, 0.05) is 19.3 Å². The predicted molar refractivity (Wildman–Crippen MR) is 83.8 cm³/mol. The van der Waals surface area contributed by atoms with Gasteiger partial charge in [-0.15, -0.1) is 5.10 Å². The topological polar surface area (TPSA) is 97.6 Å². The van der Waals surface area contributed by atoms with Gasteiger partial charge in [-0.3, -0.25) is 9.59 Å². The number of nitrogens with zero attached hydrogens (tertiary/aromatic N) is 4. The maximum absolute atomic E-state index is 13.0. The molecule has 0 bridgehead atoms. The number of carbonyl (C=O) groups excluding carboxylic acids is 1. The lowest BCUT2D eigenvalue weighted by molar-refractivity contribution is -0.138. The summed E-state index contributed by atoms with van der Waals surface area (Å²) >= 11 is 0. The summed E-state index contributed by atoms with van der Waals surface area (Å²) in [6.07, 6.45) is 2.43. The molecule has 1 fully saturated rings. The van der Waals surface area contributed by atoms with Gasteiger partial charge in [-0.05, 0) is 37.1 Å². The van der Waals surface area contributed by atoms with Crippen LogP contribution in [0.4, 0.5) is 4.39 Å². The number of rotatable bonds is 5. The van der Waals surface area contributed by atoms with E-state index < -0.39 is 18.4 Å². The normalized spacial score (nSPS) is 15.1. The fourth-order valence-electron chi connectivity index (χ4n) is 2.72. The zero-order valence-corrected chi connectivity index (χ0v) is 13.3. The second kappa shape index (κ2) is 7.39. The van der Waals surface area contributed by atoms with Crippen LogP contribution >= 0.6 is 0 Å². The molecule has 0 spiro atoms. The van der Waals surface area contributed by atoms with E-state index in [1.54, 1.807) is 0 Å². The van der Waals surface area contributed by atoms with E-state index in [1.165, 1.54) is 40.2 Å². The predicted octanol–water partition coefficient (Wildman–Crippen LogP) is 1.11. The minimum atomic E-state index is -1.09. The third-order valence-corrected chi connectivity index (χ3v) is 3.97. The van der Waals surface area contributed by atoms with Crippen LogP contribution in [0.2, 0.25) is 0 Å². The highest BCUT2D eigenvalue weighted by atomic mass is 19.1. The number of carbonyl (C=O) groups is 2. The fourth-order valence-corrected chi connectivity index (χ4v) is 2.72. The first-order chi connectivity index (χ1) is 12.0. The molecule has 1 saturated heterocycles. The summed E-state index contributed by atoms with van der Waals surface area (Å²) in [5, 5.41) is 17.2. The van der Waals surface area contributed by atoms with Gasteiger partial charge < -0.3 is 14.7 Å². The van der Waals surface area contributed by atoms with Crippen molar-refractivity contribution in [3.63, 3.8) is 0 Å². The molecule has 0 aliphatic carbocycles. The van der Waals surface area contributed by atoms with Crippen LogP contribution in [0.3, 0.4) is 0 Å². The lowest BCUT2D eigenvalue weighted by Gasteiger charge is -2.32. The van der Waals surface area contributed by atoms with E-state index in [9.17, 15) is 14.0 Å². The molecule has 1 amide bonds. The zero-order valence-electron chi connectivity index (χ0n) is 13.3. The molecule has 1 aromatic heterocycles. The van der Waals surface area contributed by atoms with Gasteiger partial charge in [0.25, 0.3) is 5.91 Å². The number of hydrogen-bond acceptors (Lipinski definition) is 5. The molecule has 0 saturated carbocycles. The van der Waals surface area contributed by atoms with E-state index in [2.05, 4.69) is 10.2 Å². The Morgan fingerprint density at radius 2 is 1.96 bits per heavy atom. The number of carboxylic acids is 1. The zero-order chi connectivity index (χ0) is 17.8. The van der Waals surface area contributed by atoms with Crippen molar-refractivity contribution >= 4 is 11.9 Å². The summed E-state index contributed by atoms with van der Waals surface area (Å²) in [7, 11) is 0. The minimum Gasteiger partial charge on any atom is -0.480 e. The molecular weight excluding hydrogens is 331 g/mol. The van der Waals surface area contributed by atoms with Crippen LogP contribution in [-0.4, -0.2) is 62.7 Å². The molecule has 2 heterocycles. The van der Waals surface area contributed by atoms with Gasteiger partial charge in [-0.25, -0.2) is 4.39 Å². The second-order valence-corrected chi connectivity index (χ2v) is 5.67. The van der Waals surface area contributed by atoms with Crippen molar-refractivity contribution < 1.29 is 23.8 Å². The average Bonchev–Trinajstić information content (AvgIpc) is 3.10. The van der Waals surface area contributed by atoms with Crippen molar-refractivity contribution in [2.75, 3.05) is 19.8 Å². The number of aromatic nitrogens is 3. The molecule has 0 atom stereocenters.